The fourth-order valence-corrected chi connectivity index (χ4v) is 2.42. The van der Waals surface area contributed by atoms with Crippen LogP contribution in [0.15, 0.2) is 12.1 Å². The van der Waals surface area contributed by atoms with Crippen molar-refractivity contribution in [3.63, 3.8) is 0 Å². The highest BCUT2D eigenvalue weighted by atomic mass is 16.3. The molecule has 1 aromatic carbocycles. The maximum Gasteiger partial charge on any atom is 0.227 e. The molecule has 72 valence electrons. The lowest BCUT2D eigenvalue weighted by Crippen LogP contribution is -2.32. The van der Waals surface area contributed by atoms with Gasteiger partial charge in [-0.15, -0.1) is 0 Å². The Morgan fingerprint density at radius 1 is 1.21 bits per heavy atom. The number of carbonyl (C=O) groups excluding carboxylic acids is 1. The SMILES string of the molecule is O=C1CCc2c(O)ccc3c2N1CC3. The van der Waals surface area contributed by atoms with E-state index in [9.17, 15) is 9.90 Å². The molecule has 3 rings (SSSR count). The number of carbonyl (C=O) groups is 1. The third-order valence-corrected chi connectivity index (χ3v) is 3.11. The average Bonchev–Trinajstić information content (AvgIpc) is 2.60. The number of benzene rings is 1. The van der Waals surface area contributed by atoms with E-state index in [0.717, 1.165) is 24.2 Å². The highest BCUT2D eigenvalue weighted by Crippen LogP contribution is 2.40. The molecule has 0 unspecified atom stereocenters. The van der Waals surface area contributed by atoms with Crippen LogP contribution in [0.1, 0.15) is 17.5 Å². The molecular weight excluding hydrogens is 178 g/mol. The topological polar surface area (TPSA) is 40.5 Å². The first kappa shape index (κ1) is 7.85. The third-order valence-electron chi connectivity index (χ3n) is 3.11. The van der Waals surface area contributed by atoms with E-state index >= 15 is 0 Å². The van der Waals surface area contributed by atoms with Crippen LogP contribution >= 0.6 is 0 Å². The molecule has 2 aliphatic rings. The quantitative estimate of drug-likeness (QED) is 0.666. The predicted octanol–water partition coefficient (Wildman–Crippen LogP) is 1.23. The molecule has 3 heteroatoms. The average molecular weight is 189 g/mol. The minimum absolute atomic E-state index is 0.196. The third kappa shape index (κ3) is 0.842. The van der Waals surface area contributed by atoms with Gasteiger partial charge in [-0.2, -0.15) is 0 Å². The van der Waals surface area contributed by atoms with Crippen molar-refractivity contribution in [2.24, 2.45) is 0 Å². The first-order valence-corrected chi connectivity index (χ1v) is 4.91. The van der Waals surface area contributed by atoms with Crippen molar-refractivity contribution in [1.29, 1.82) is 0 Å². The van der Waals surface area contributed by atoms with Gasteiger partial charge in [0.15, 0.2) is 0 Å². The summed E-state index contributed by atoms with van der Waals surface area (Å²) in [6, 6.07) is 3.67. The molecule has 1 amide bonds. The Labute approximate surface area is 82.0 Å². The van der Waals surface area contributed by atoms with Gasteiger partial charge < -0.3 is 10.0 Å². The molecule has 3 nitrogen and oxygen atoms in total. The van der Waals surface area contributed by atoms with Gasteiger partial charge in [0, 0.05) is 18.5 Å². The van der Waals surface area contributed by atoms with Crippen molar-refractivity contribution in [1.82, 2.24) is 0 Å². The summed E-state index contributed by atoms with van der Waals surface area (Å²) in [4.78, 5) is 13.4. The van der Waals surface area contributed by atoms with Crippen molar-refractivity contribution in [2.45, 2.75) is 19.3 Å². The van der Waals surface area contributed by atoms with Gasteiger partial charge >= 0.3 is 0 Å². The molecule has 0 aromatic heterocycles. The van der Waals surface area contributed by atoms with Gasteiger partial charge in [-0.05, 0) is 24.5 Å². The molecular formula is C11H11NO2. The Morgan fingerprint density at radius 2 is 2.07 bits per heavy atom. The van der Waals surface area contributed by atoms with Crippen molar-refractivity contribution < 1.29 is 9.90 Å². The number of hydrogen-bond acceptors (Lipinski definition) is 2. The van der Waals surface area contributed by atoms with Crippen LogP contribution in [-0.4, -0.2) is 17.6 Å². The first-order chi connectivity index (χ1) is 6.77. The Morgan fingerprint density at radius 3 is 2.93 bits per heavy atom. The number of anilines is 1. The van der Waals surface area contributed by atoms with Crippen molar-refractivity contribution >= 4 is 11.6 Å². The van der Waals surface area contributed by atoms with E-state index < -0.39 is 0 Å². The summed E-state index contributed by atoms with van der Waals surface area (Å²) in [5.74, 6) is 0.532. The monoisotopic (exact) mass is 189 g/mol. The van der Waals surface area contributed by atoms with Crippen LogP contribution in [-0.2, 0) is 17.6 Å². The molecule has 1 aromatic rings. The lowest BCUT2D eigenvalue weighted by Gasteiger charge is -2.25. The lowest BCUT2D eigenvalue weighted by atomic mass is 9.99. The molecule has 2 aliphatic heterocycles. The summed E-state index contributed by atoms with van der Waals surface area (Å²) in [7, 11) is 0. The zero-order chi connectivity index (χ0) is 9.71. The Kier molecular flexibility index (Phi) is 1.40. The molecule has 0 atom stereocenters. The number of phenols is 1. The van der Waals surface area contributed by atoms with Crippen LogP contribution in [0.5, 0.6) is 5.75 Å². The Bertz CT molecular complexity index is 426. The summed E-state index contributed by atoms with van der Waals surface area (Å²) in [5.41, 5.74) is 3.15. The van der Waals surface area contributed by atoms with Gasteiger partial charge in [-0.3, -0.25) is 4.79 Å². The number of aromatic hydroxyl groups is 1. The van der Waals surface area contributed by atoms with Gasteiger partial charge in [0.05, 0.1) is 5.69 Å². The number of rotatable bonds is 0. The van der Waals surface area contributed by atoms with E-state index in [-0.39, 0.29) is 5.91 Å². The van der Waals surface area contributed by atoms with Crippen LogP contribution in [0.2, 0.25) is 0 Å². The maximum atomic E-state index is 11.6. The number of nitrogens with zero attached hydrogens (tertiary/aromatic N) is 1. The Hall–Kier alpha value is -1.51. The smallest absolute Gasteiger partial charge is 0.227 e. The predicted molar refractivity (Wildman–Crippen MR) is 52.5 cm³/mol. The number of amides is 1. The van der Waals surface area contributed by atoms with Crippen LogP contribution < -0.4 is 4.90 Å². The summed E-state index contributed by atoms with van der Waals surface area (Å²) < 4.78 is 0. The largest absolute Gasteiger partial charge is 0.508 e. The normalized spacial score (nSPS) is 18.6. The first-order valence-electron chi connectivity index (χ1n) is 4.91. The zero-order valence-electron chi connectivity index (χ0n) is 7.79. The summed E-state index contributed by atoms with van der Waals surface area (Å²) >= 11 is 0. The molecule has 0 saturated carbocycles. The molecule has 0 spiro atoms. The van der Waals surface area contributed by atoms with Crippen LogP contribution in [0.25, 0.3) is 0 Å². The standard InChI is InChI=1S/C11H11NO2/c13-9-3-1-7-5-6-12-10(14)4-2-8(9)11(7)12/h1,3,13H,2,4-6H2. The number of hydrogen-bond donors (Lipinski definition) is 1. The molecule has 1 N–H and O–H groups in total. The fraction of sp³-hybridized carbons (Fsp3) is 0.364. The van der Waals surface area contributed by atoms with Gasteiger partial charge in [-0.1, -0.05) is 6.07 Å². The fourth-order valence-electron chi connectivity index (χ4n) is 2.42. The molecule has 0 saturated heterocycles. The lowest BCUT2D eigenvalue weighted by molar-refractivity contribution is -0.118. The summed E-state index contributed by atoms with van der Waals surface area (Å²) in [6.45, 7) is 0.782. The van der Waals surface area contributed by atoms with Crippen LogP contribution in [0, 0.1) is 0 Å². The van der Waals surface area contributed by atoms with Crippen molar-refractivity contribution in [2.75, 3.05) is 11.4 Å². The number of phenolic OH excluding ortho intramolecular Hbond substituents is 1. The second-order valence-electron chi connectivity index (χ2n) is 3.87. The molecule has 0 radical (unpaired) electrons. The zero-order valence-corrected chi connectivity index (χ0v) is 7.79. The van der Waals surface area contributed by atoms with E-state index in [0.29, 0.717) is 18.6 Å². The highest BCUT2D eigenvalue weighted by Gasteiger charge is 2.32. The molecule has 2 heterocycles. The maximum absolute atomic E-state index is 11.6. The summed E-state index contributed by atoms with van der Waals surface area (Å²) in [6.07, 6.45) is 2.14. The van der Waals surface area contributed by atoms with Crippen molar-refractivity contribution in [3.8, 4) is 5.75 Å². The van der Waals surface area contributed by atoms with Crippen molar-refractivity contribution in [3.05, 3.63) is 23.3 Å². The van der Waals surface area contributed by atoms with E-state index in [4.69, 9.17) is 0 Å². The second-order valence-corrected chi connectivity index (χ2v) is 3.87. The minimum atomic E-state index is 0.196. The van der Waals surface area contributed by atoms with Crippen LogP contribution in [0.3, 0.4) is 0 Å². The van der Waals surface area contributed by atoms with Gasteiger partial charge in [0.1, 0.15) is 5.75 Å². The Balaban J connectivity index is 2.27. The van der Waals surface area contributed by atoms with Gasteiger partial charge in [0.25, 0.3) is 0 Å². The minimum Gasteiger partial charge on any atom is -0.508 e. The highest BCUT2D eigenvalue weighted by molar-refractivity contribution is 5.99. The summed E-state index contributed by atoms with van der Waals surface area (Å²) in [5, 5.41) is 9.67. The molecule has 14 heavy (non-hydrogen) atoms. The molecule has 0 fully saturated rings. The van der Waals surface area contributed by atoms with E-state index in [1.807, 2.05) is 11.0 Å². The van der Waals surface area contributed by atoms with E-state index in [2.05, 4.69) is 0 Å². The molecule has 0 aliphatic carbocycles. The van der Waals surface area contributed by atoms with E-state index in [1.165, 1.54) is 5.56 Å². The van der Waals surface area contributed by atoms with Crippen LogP contribution in [0.4, 0.5) is 5.69 Å². The second kappa shape index (κ2) is 2.50. The van der Waals surface area contributed by atoms with Gasteiger partial charge in [0.2, 0.25) is 5.91 Å². The van der Waals surface area contributed by atoms with Gasteiger partial charge in [-0.25, -0.2) is 0 Å². The molecule has 0 bridgehead atoms. The van der Waals surface area contributed by atoms with E-state index in [1.54, 1.807) is 6.07 Å².